The molecule has 3 aromatic rings. The predicted octanol–water partition coefficient (Wildman–Crippen LogP) is 3.05. The van der Waals surface area contributed by atoms with Gasteiger partial charge in [0.25, 0.3) is 0 Å². The molecule has 0 atom stereocenters. The van der Waals surface area contributed by atoms with Crippen LogP contribution in [0.15, 0.2) is 84.9 Å². The number of rotatable bonds is 8. The van der Waals surface area contributed by atoms with Crippen molar-refractivity contribution in [2.45, 2.75) is 12.6 Å². The fraction of sp³-hybridized carbons (Fsp3) is 0.231. The van der Waals surface area contributed by atoms with E-state index in [0.717, 1.165) is 28.9 Å². The van der Waals surface area contributed by atoms with Crippen LogP contribution in [0.1, 0.15) is 22.8 Å². The molecule has 0 radical (unpaired) electrons. The van der Waals surface area contributed by atoms with E-state index < -0.39 is 0 Å². The van der Waals surface area contributed by atoms with Gasteiger partial charge in [-0.15, -0.1) is 0 Å². The van der Waals surface area contributed by atoms with Crippen molar-refractivity contribution in [1.82, 2.24) is 10.6 Å². The van der Waals surface area contributed by atoms with Crippen LogP contribution in [0, 0.1) is 0 Å². The van der Waals surface area contributed by atoms with Crippen molar-refractivity contribution >= 4 is 17.5 Å². The number of nitrogens with one attached hydrogen (secondary N) is 2. The first kappa shape index (κ1) is 21.6. The molecule has 0 aliphatic carbocycles. The summed E-state index contributed by atoms with van der Waals surface area (Å²) in [4.78, 5) is 26.1. The van der Waals surface area contributed by atoms with Gasteiger partial charge in [0, 0.05) is 25.3 Å². The third-order valence-corrected chi connectivity index (χ3v) is 5.42. The molecule has 4 rings (SSSR count). The third kappa shape index (κ3) is 5.74. The maximum absolute atomic E-state index is 12.4. The molecular weight excluding hydrogens is 402 g/mol. The summed E-state index contributed by atoms with van der Waals surface area (Å²) in [5.41, 5.74) is 4.01. The molecule has 1 saturated heterocycles. The van der Waals surface area contributed by atoms with Gasteiger partial charge in [0.05, 0.1) is 6.54 Å². The molecule has 6 nitrogen and oxygen atoms in total. The van der Waals surface area contributed by atoms with E-state index in [9.17, 15) is 9.59 Å². The Balaban J connectivity index is 1.31. The Morgan fingerprint density at radius 3 is 2.16 bits per heavy atom. The van der Waals surface area contributed by atoms with Gasteiger partial charge in [0.15, 0.2) is 0 Å². The van der Waals surface area contributed by atoms with Crippen molar-refractivity contribution in [2.24, 2.45) is 0 Å². The summed E-state index contributed by atoms with van der Waals surface area (Å²) in [6, 6.07) is 27.7. The number of hydrogen-bond donors (Lipinski definition) is 2. The van der Waals surface area contributed by atoms with E-state index in [0.29, 0.717) is 19.6 Å². The van der Waals surface area contributed by atoms with Gasteiger partial charge in [-0.2, -0.15) is 0 Å². The Labute approximate surface area is 188 Å². The average molecular weight is 430 g/mol. The SMILES string of the molecule is O=C(COC(c1ccccc1)c1ccccc1)NCc1ccc(N2CCNC(=O)C2)cc1. The summed E-state index contributed by atoms with van der Waals surface area (Å²) in [5.74, 6) is -0.129. The van der Waals surface area contributed by atoms with Gasteiger partial charge in [-0.1, -0.05) is 72.8 Å². The van der Waals surface area contributed by atoms with Gasteiger partial charge in [0.2, 0.25) is 11.8 Å². The second-order valence-corrected chi connectivity index (χ2v) is 7.73. The molecular formula is C26H27N3O3. The summed E-state index contributed by atoms with van der Waals surface area (Å²) in [6.07, 6.45) is -0.302. The van der Waals surface area contributed by atoms with Crippen molar-refractivity contribution in [3.05, 3.63) is 102 Å². The molecule has 2 amide bonds. The highest BCUT2D eigenvalue weighted by Gasteiger charge is 2.17. The molecule has 3 aromatic carbocycles. The number of benzene rings is 3. The topological polar surface area (TPSA) is 70.7 Å². The minimum atomic E-state index is -0.302. The van der Waals surface area contributed by atoms with E-state index in [-0.39, 0.29) is 24.5 Å². The van der Waals surface area contributed by atoms with Gasteiger partial charge in [-0.25, -0.2) is 0 Å². The molecule has 0 saturated carbocycles. The van der Waals surface area contributed by atoms with Crippen molar-refractivity contribution < 1.29 is 14.3 Å². The molecule has 0 aromatic heterocycles. The quantitative estimate of drug-likeness (QED) is 0.578. The Hall–Kier alpha value is -3.64. The number of piperazine rings is 1. The summed E-state index contributed by atoms with van der Waals surface area (Å²) in [6.45, 7) is 2.21. The lowest BCUT2D eigenvalue weighted by Gasteiger charge is -2.28. The first-order chi connectivity index (χ1) is 15.7. The second-order valence-electron chi connectivity index (χ2n) is 7.73. The smallest absolute Gasteiger partial charge is 0.246 e. The summed E-state index contributed by atoms with van der Waals surface area (Å²) < 4.78 is 6.02. The van der Waals surface area contributed by atoms with E-state index in [4.69, 9.17) is 4.74 Å². The number of carbonyl (C=O) groups excluding carboxylic acids is 2. The zero-order chi connectivity index (χ0) is 22.2. The van der Waals surface area contributed by atoms with Gasteiger partial charge < -0.3 is 20.3 Å². The molecule has 0 bridgehead atoms. The first-order valence-electron chi connectivity index (χ1n) is 10.8. The maximum atomic E-state index is 12.4. The van der Waals surface area contributed by atoms with E-state index in [1.807, 2.05) is 89.8 Å². The molecule has 0 spiro atoms. The number of nitrogens with zero attached hydrogens (tertiary/aromatic N) is 1. The lowest BCUT2D eigenvalue weighted by atomic mass is 10.0. The van der Waals surface area contributed by atoms with E-state index in [1.165, 1.54) is 0 Å². The molecule has 1 aliphatic heterocycles. The first-order valence-corrected chi connectivity index (χ1v) is 10.8. The van der Waals surface area contributed by atoms with Gasteiger partial charge >= 0.3 is 0 Å². The monoisotopic (exact) mass is 429 g/mol. The maximum Gasteiger partial charge on any atom is 0.246 e. The minimum Gasteiger partial charge on any atom is -0.360 e. The van der Waals surface area contributed by atoms with Gasteiger partial charge in [-0.05, 0) is 28.8 Å². The fourth-order valence-electron chi connectivity index (χ4n) is 3.73. The number of ether oxygens (including phenoxy) is 1. The van der Waals surface area contributed by atoms with Crippen LogP contribution in [0.2, 0.25) is 0 Å². The molecule has 0 unspecified atom stereocenters. The average Bonchev–Trinajstić information content (AvgIpc) is 2.84. The molecule has 2 N–H and O–H groups in total. The highest BCUT2D eigenvalue weighted by Crippen LogP contribution is 2.25. The second kappa shape index (κ2) is 10.6. The van der Waals surface area contributed by atoms with Crippen LogP contribution in [-0.2, 0) is 20.9 Å². The Bertz CT molecular complexity index is 984. The molecule has 164 valence electrons. The number of hydrogen-bond acceptors (Lipinski definition) is 4. The van der Waals surface area contributed by atoms with Crippen molar-refractivity contribution in [3.63, 3.8) is 0 Å². The number of anilines is 1. The molecule has 1 heterocycles. The lowest BCUT2D eigenvalue weighted by Crippen LogP contribution is -2.47. The largest absolute Gasteiger partial charge is 0.360 e. The van der Waals surface area contributed by atoms with Crippen LogP contribution in [-0.4, -0.2) is 38.1 Å². The fourth-order valence-corrected chi connectivity index (χ4v) is 3.73. The summed E-state index contributed by atoms with van der Waals surface area (Å²) >= 11 is 0. The Morgan fingerprint density at radius 2 is 1.56 bits per heavy atom. The lowest BCUT2D eigenvalue weighted by molar-refractivity contribution is -0.127. The van der Waals surface area contributed by atoms with Crippen LogP contribution in [0.5, 0.6) is 0 Å². The zero-order valence-corrected chi connectivity index (χ0v) is 17.9. The summed E-state index contributed by atoms with van der Waals surface area (Å²) in [5, 5.41) is 5.75. The zero-order valence-electron chi connectivity index (χ0n) is 17.9. The van der Waals surface area contributed by atoms with E-state index in [1.54, 1.807) is 0 Å². The van der Waals surface area contributed by atoms with Gasteiger partial charge in [-0.3, -0.25) is 9.59 Å². The van der Waals surface area contributed by atoms with E-state index >= 15 is 0 Å². The Morgan fingerprint density at radius 1 is 0.938 bits per heavy atom. The van der Waals surface area contributed by atoms with E-state index in [2.05, 4.69) is 10.6 Å². The van der Waals surface area contributed by atoms with Crippen molar-refractivity contribution in [3.8, 4) is 0 Å². The van der Waals surface area contributed by atoms with Gasteiger partial charge in [0.1, 0.15) is 12.7 Å². The highest BCUT2D eigenvalue weighted by molar-refractivity contribution is 5.82. The number of amides is 2. The summed E-state index contributed by atoms with van der Waals surface area (Å²) in [7, 11) is 0. The van der Waals surface area contributed by atoms with Crippen LogP contribution in [0.4, 0.5) is 5.69 Å². The standard InChI is InChI=1S/C26H27N3O3/c30-24-18-29(16-15-27-24)23-13-11-20(12-14-23)17-28-25(31)19-32-26(21-7-3-1-4-8-21)22-9-5-2-6-10-22/h1-14,26H,15-19H2,(H,27,30)(H,28,31). The normalized spacial score (nSPS) is 13.7. The van der Waals surface area contributed by atoms with Crippen LogP contribution in [0.25, 0.3) is 0 Å². The van der Waals surface area contributed by atoms with Crippen molar-refractivity contribution in [1.29, 1.82) is 0 Å². The van der Waals surface area contributed by atoms with Crippen LogP contribution >= 0.6 is 0 Å². The van der Waals surface area contributed by atoms with Crippen LogP contribution in [0.3, 0.4) is 0 Å². The molecule has 32 heavy (non-hydrogen) atoms. The molecule has 1 fully saturated rings. The molecule has 6 heteroatoms. The Kier molecular flexibility index (Phi) is 7.15. The predicted molar refractivity (Wildman–Crippen MR) is 124 cm³/mol. The third-order valence-electron chi connectivity index (χ3n) is 5.42. The van der Waals surface area contributed by atoms with Crippen LogP contribution < -0.4 is 15.5 Å². The number of carbonyl (C=O) groups is 2. The minimum absolute atomic E-state index is 0.0323. The highest BCUT2D eigenvalue weighted by atomic mass is 16.5. The van der Waals surface area contributed by atoms with Crippen molar-refractivity contribution in [2.75, 3.05) is 31.1 Å². The molecule has 1 aliphatic rings.